The van der Waals surface area contributed by atoms with Gasteiger partial charge in [-0.15, -0.1) is 0 Å². The van der Waals surface area contributed by atoms with Gasteiger partial charge in [0.15, 0.2) is 0 Å². The van der Waals surface area contributed by atoms with Crippen LogP contribution in [-0.4, -0.2) is 35.4 Å². The van der Waals surface area contributed by atoms with Crippen LogP contribution < -0.4 is 5.32 Å². The number of nitrogens with zero attached hydrogens (tertiary/aromatic N) is 2. The first-order valence-corrected chi connectivity index (χ1v) is 10.3. The quantitative estimate of drug-likeness (QED) is 0.654. The zero-order valence-electron chi connectivity index (χ0n) is 16.7. The molecule has 156 valence electrons. The van der Waals surface area contributed by atoms with Crippen LogP contribution in [0.4, 0.5) is 4.39 Å². The number of carbonyl (C=O) groups excluding carboxylic acids is 1. The van der Waals surface area contributed by atoms with Crippen molar-refractivity contribution >= 4 is 17.5 Å². The number of aromatic nitrogens is 2. The van der Waals surface area contributed by atoms with Crippen LogP contribution in [0.15, 0.2) is 54.7 Å². The lowest BCUT2D eigenvalue weighted by Gasteiger charge is -2.38. The van der Waals surface area contributed by atoms with Gasteiger partial charge in [0, 0.05) is 30.2 Å². The van der Waals surface area contributed by atoms with Gasteiger partial charge in [-0.05, 0) is 61.7 Å². The van der Waals surface area contributed by atoms with Crippen molar-refractivity contribution in [2.75, 3.05) is 19.8 Å². The maximum atomic E-state index is 13.2. The molecule has 1 aliphatic rings. The van der Waals surface area contributed by atoms with E-state index in [1.54, 1.807) is 23.0 Å². The van der Waals surface area contributed by atoms with E-state index in [1.807, 2.05) is 25.1 Å². The molecule has 0 atom stereocenters. The Labute approximate surface area is 179 Å². The first-order chi connectivity index (χ1) is 14.5. The fourth-order valence-corrected chi connectivity index (χ4v) is 4.16. The van der Waals surface area contributed by atoms with Gasteiger partial charge in [0.05, 0.1) is 23.1 Å². The number of carbonyl (C=O) groups is 1. The Balaban J connectivity index is 1.54. The standard InChI is InChI=1S/C23H23ClFN3O2/c1-16-21(14-27-28(16)20-7-5-19(25)6-8-20)22(29)26-15-23(9-11-30-12-10-23)17-3-2-4-18(24)13-17/h2-8,13-14H,9-12,15H2,1H3,(H,26,29). The minimum atomic E-state index is -0.315. The summed E-state index contributed by atoms with van der Waals surface area (Å²) in [5.41, 5.74) is 2.78. The number of benzene rings is 2. The van der Waals surface area contributed by atoms with Crippen LogP contribution in [-0.2, 0) is 10.2 Å². The van der Waals surface area contributed by atoms with Gasteiger partial charge < -0.3 is 10.1 Å². The fourth-order valence-electron chi connectivity index (χ4n) is 3.97. The molecule has 1 N–H and O–H groups in total. The largest absolute Gasteiger partial charge is 0.381 e. The Morgan fingerprint density at radius 3 is 2.67 bits per heavy atom. The van der Waals surface area contributed by atoms with Crippen LogP contribution in [0.2, 0.25) is 5.02 Å². The summed E-state index contributed by atoms with van der Waals surface area (Å²) >= 11 is 6.22. The molecule has 1 aromatic heterocycles. The Hall–Kier alpha value is -2.70. The molecule has 1 saturated heterocycles. The van der Waals surface area contributed by atoms with Crippen molar-refractivity contribution in [1.29, 1.82) is 0 Å². The van der Waals surface area contributed by atoms with E-state index in [0.717, 1.165) is 18.4 Å². The lowest BCUT2D eigenvalue weighted by atomic mass is 9.74. The average molecular weight is 428 g/mol. The van der Waals surface area contributed by atoms with Gasteiger partial charge in [0.2, 0.25) is 0 Å². The fraction of sp³-hybridized carbons (Fsp3) is 0.304. The van der Waals surface area contributed by atoms with Crippen molar-refractivity contribution in [3.63, 3.8) is 0 Å². The minimum absolute atomic E-state index is 0.186. The highest BCUT2D eigenvalue weighted by Crippen LogP contribution is 2.35. The van der Waals surface area contributed by atoms with Crippen LogP contribution in [0.3, 0.4) is 0 Å². The van der Waals surface area contributed by atoms with E-state index in [4.69, 9.17) is 16.3 Å². The minimum Gasteiger partial charge on any atom is -0.381 e. The van der Waals surface area contributed by atoms with E-state index in [0.29, 0.717) is 41.7 Å². The molecule has 0 bridgehead atoms. The number of nitrogens with one attached hydrogen (secondary N) is 1. The van der Waals surface area contributed by atoms with Crippen molar-refractivity contribution in [1.82, 2.24) is 15.1 Å². The van der Waals surface area contributed by atoms with E-state index in [1.165, 1.54) is 12.1 Å². The van der Waals surface area contributed by atoms with Crippen molar-refractivity contribution in [2.24, 2.45) is 0 Å². The molecule has 1 fully saturated rings. The molecular formula is C23H23ClFN3O2. The van der Waals surface area contributed by atoms with Crippen molar-refractivity contribution in [3.8, 4) is 5.69 Å². The van der Waals surface area contributed by atoms with E-state index >= 15 is 0 Å². The summed E-state index contributed by atoms with van der Waals surface area (Å²) in [6.07, 6.45) is 3.16. The molecule has 0 spiro atoms. The number of rotatable bonds is 5. The summed E-state index contributed by atoms with van der Waals surface area (Å²) in [4.78, 5) is 13.0. The lowest BCUT2D eigenvalue weighted by Crippen LogP contribution is -2.44. The zero-order chi connectivity index (χ0) is 21.1. The third-order valence-corrected chi connectivity index (χ3v) is 6.03. The van der Waals surface area contributed by atoms with E-state index in [-0.39, 0.29) is 17.1 Å². The van der Waals surface area contributed by atoms with Gasteiger partial charge >= 0.3 is 0 Å². The molecule has 30 heavy (non-hydrogen) atoms. The van der Waals surface area contributed by atoms with Gasteiger partial charge in [-0.1, -0.05) is 23.7 Å². The van der Waals surface area contributed by atoms with Gasteiger partial charge in [-0.25, -0.2) is 9.07 Å². The van der Waals surface area contributed by atoms with Gasteiger partial charge in [-0.3, -0.25) is 4.79 Å². The molecule has 7 heteroatoms. The molecule has 3 aromatic rings. The topological polar surface area (TPSA) is 56.1 Å². The molecule has 2 heterocycles. The second-order valence-corrected chi connectivity index (χ2v) is 8.05. The number of hydrogen-bond acceptors (Lipinski definition) is 3. The molecule has 1 aliphatic heterocycles. The number of halogens is 2. The number of ether oxygens (including phenoxy) is 1. The Morgan fingerprint density at radius 1 is 1.23 bits per heavy atom. The normalized spacial score (nSPS) is 15.7. The Kier molecular flexibility index (Phi) is 5.88. The van der Waals surface area contributed by atoms with Crippen LogP contribution in [0.25, 0.3) is 5.69 Å². The van der Waals surface area contributed by atoms with Gasteiger partial charge in [0.1, 0.15) is 5.82 Å². The summed E-state index contributed by atoms with van der Waals surface area (Å²) in [5, 5.41) is 8.09. The van der Waals surface area contributed by atoms with Gasteiger partial charge in [0.25, 0.3) is 5.91 Å². The highest BCUT2D eigenvalue weighted by atomic mass is 35.5. The summed E-state index contributed by atoms with van der Waals surface area (Å²) in [6.45, 7) is 3.59. The van der Waals surface area contributed by atoms with Crippen LogP contribution in [0, 0.1) is 12.7 Å². The Bertz CT molecular complexity index is 1040. The zero-order valence-corrected chi connectivity index (χ0v) is 17.5. The second kappa shape index (κ2) is 8.58. The predicted molar refractivity (Wildman–Crippen MR) is 114 cm³/mol. The summed E-state index contributed by atoms with van der Waals surface area (Å²) in [7, 11) is 0. The maximum absolute atomic E-state index is 13.2. The average Bonchev–Trinajstić information content (AvgIpc) is 3.15. The molecule has 0 aliphatic carbocycles. The van der Waals surface area contributed by atoms with Crippen LogP contribution >= 0.6 is 11.6 Å². The molecule has 0 radical (unpaired) electrons. The van der Waals surface area contributed by atoms with Crippen molar-refractivity contribution in [3.05, 3.63) is 82.4 Å². The Morgan fingerprint density at radius 2 is 1.97 bits per heavy atom. The van der Waals surface area contributed by atoms with Gasteiger partial charge in [-0.2, -0.15) is 5.10 Å². The molecule has 5 nitrogen and oxygen atoms in total. The molecule has 4 rings (SSSR count). The van der Waals surface area contributed by atoms with E-state index in [2.05, 4.69) is 16.5 Å². The van der Waals surface area contributed by atoms with Crippen molar-refractivity contribution in [2.45, 2.75) is 25.2 Å². The highest BCUT2D eigenvalue weighted by molar-refractivity contribution is 6.30. The summed E-state index contributed by atoms with van der Waals surface area (Å²) < 4.78 is 20.4. The smallest absolute Gasteiger partial charge is 0.254 e. The maximum Gasteiger partial charge on any atom is 0.254 e. The molecule has 0 unspecified atom stereocenters. The second-order valence-electron chi connectivity index (χ2n) is 7.62. The SMILES string of the molecule is Cc1c(C(=O)NCC2(c3cccc(Cl)c3)CCOCC2)cnn1-c1ccc(F)cc1. The predicted octanol–water partition coefficient (Wildman–Crippen LogP) is 4.45. The van der Waals surface area contributed by atoms with Crippen molar-refractivity contribution < 1.29 is 13.9 Å². The lowest BCUT2D eigenvalue weighted by molar-refractivity contribution is 0.0487. The van der Waals surface area contributed by atoms with Crippen LogP contribution in [0.5, 0.6) is 0 Å². The molecule has 0 saturated carbocycles. The third-order valence-electron chi connectivity index (χ3n) is 5.80. The first kappa shape index (κ1) is 20.6. The van der Waals surface area contributed by atoms with E-state index in [9.17, 15) is 9.18 Å². The molecule has 2 aromatic carbocycles. The van der Waals surface area contributed by atoms with E-state index < -0.39 is 0 Å². The summed E-state index contributed by atoms with van der Waals surface area (Å²) in [5.74, 6) is -0.502. The van der Waals surface area contributed by atoms with Crippen LogP contribution in [0.1, 0.15) is 34.5 Å². The number of amides is 1. The highest BCUT2D eigenvalue weighted by Gasteiger charge is 2.35. The monoisotopic (exact) mass is 427 g/mol. The molecular weight excluding hydrogens is 405 g/mol. The number of hydrogen-bond donors (Lipinski definition) is 1. The third kappa shape index (κ3) is 4.11. The first-order valence-electron chi connectivity index (χ1n) is 9.91. The summed E-state index contributed by atoms with van der Waals surface area (Å²) in [6, 6.07) is 13.8. The molecule has 1 amide bonds.